The van der Waals surface area contributed by atoms with Crippen LogP contribution in [0.15, 0.2) is 19.8 Å². The van der Waals surface area contributed by atoms with E-state index in [2.05, 4.69) is 30.6 Å². The van der Waals surface area contributed by atoms with Crippen LogP contribution in [-0.2, 0) is 0 Å². The third-order valence-electron chi connectivity index (χ3n) is 1.23. The van der Waals surface area contributed by atoms with Crippen LogP contribution in [0.4, 0.5) is 0 Å². The fourth-order valence-corrected chi connectivity index (χ4v) is 2.00. The van der Waals surface area contributed by atoms with Gasteiger partial charge in [-0.1, -0.05) is 5.16 Å². The number of thiophene rings is 1. The maximum absolute atomic E-state index is 5.47. The molecule has 6 heteroatoms. The fourth-order valence-electron chi connectivity index (χ4n) is 0.750. The molecule has 2 aromatic heterocycles. The average molecular weight is 266 g/mol. The molecule has 2 heterocycles. The molecule has 0 radical (unpaired) electrons. The number of halogens is 2. The highest BCUT2D eigenvalue weighted by molar-refractivity contribution is 9.11. The van der Waals surface area contributed by atoms with E-state index in [9.17, 15) is 0 Å². The van der Waals surface area contributed by atoms with Crippen LogP contribution < -0.4 is 0 Å². The lowest BCUT2D eigenvalue weighted by molar-refractivity contribution is 0.421. The van der Waals surface area contributed by atoms with Gasteiger partial charge in [-0.15, -0.1) is 11.3 Å². The van der Waals surface area contributed by atoms with E-state index >= 15 is 0 Å². The van der Waals surface area contributed by atoms with Gasteiger partial charge in [-0.05, 0) is 33.6 Å². The van der Waals surface area contributed by atoms with Gasteiger partial charge >= 0.3 is 5.35 Å². The first-order valence-corrected chi connectivity index (χ1v) is 5.04. The maximum Gasteiger partial charge on any atom is 0.320 e. The van der Waals surface area contributed by atoms with E-state index in [1.807, 2.05) is 11.4 Å². The SMILES string of the molecule is Clc1nc(-c2csc(Br)c2)no1. The second-order valence-corrected chi connectivity index (χ2v) is 4.62. The highest BCUT2D eigenvalue weighted by Gasteiger charge is 2.07. The zero-order valence-electron chi connectivity index (χ0n) is 5.62. The van der Waals surface area contributed by atoms with Crippen molar-refractivity contribution in [1.29, 1.82) is 0 Å². The Morgan fingerprint density at radius 3 is 2.92 bits per heavy atom. The average Bonchev–Trinajstić information content (AvgIpc) is 2.58. The summed E-state index contributed by atoms with van der Waals surface area (Å²) in [6.45, 7) is 0. The van der Waals surface area contributed by atoms with Crippen LogP contribution in [0.3, 0.4) is 0 Å². The first kappa shape index (κ1) is 8.22. The number of nitrogens with zero attached hydrogens (tertiary/aromatic N) is 2. The first-order valence-electron chi connectivity index (χ1n) is 2.99. The van der Waals surface area contributed by atoms with E-state index in [0.717, 1.165) is 9.35 Å². The van der Waals surface area contributed by atoms with Gasteiger partial charge in [0.1, 0.15) is 0 Å². The van der Waals surface area contributed by atoms with Gasteiger partial charge in [0.2, 0.25) is 5.82 Å². The molecule has 0 aliphatic rings. The van der Waals surface area contributed by atoms with E-state index in [0.29, 0.717) is 5.82 Å². The summed E-state index contributed by atoms with van der Waals surface area (Å²) >= 11 is 10.4. The molecule has 2 rings (SSSR count). The van der Waals surface area contributed by atoms with Crippen LogP contribution >= 0.6 is 38.9 Å². The third-order valence-corrected chi connectivity index (χ3v) is 2.88. The molecule has 0 bridgehead atoms. The van der Waals surface area contributed by atoms with E-state index in [1.54, 1.807) is 11.3 Å². The Bertz CT molecular complexity index is 361. The molecule has 0 N–H and O–H groups in total. The van der Waals surface area contributed by atoms with Crippen LogP contribution in [0.2, 0.25) is 5.35 Å². The largest absolute Gasteiger partial charge is 0.321 e. The van der Waals surface area contributed by atoms with Crippen molar-refractivity contribution < 1.29 is 4.52 Å². The Labute approximate surface area is 85.5 Å². The summed E-state index contributed by atoms with van der Waals surface area (Å²) in [7, 11) is 0. The summed E-state index contributed by atoms with van der Waals surface area (Å²) in [5.41, 5.74) is 0.905. The van der Waals surface area contributed by atoms with Crippen molar-refractivity contribution in [3.63, 3.8) is 0 Å². The van der Waals surface area contributed by atoms with Crippen molar-refractivity contribution in [2.75, 3.05) is 0 Å². The second-order valence-electron chi connectivity index (χ2n) is 2.01. The molecule has 0 aliphatic heterocycles. The second kappa shape index (κ2) is 3.16. The number of aromatic nitrogens is 2. The molecule has 0 spiro atoms. The molecular formula is C6H2BrClN2OS. The van der Waals surface area contributed by atoms with Crippen molar-refractivity contribution in [2.24, 2.45) is 0 Å². The van der Waals surface area contributed by atoms with Crippen molar-refractivity contribution in [3.05, 3.63) is 20.6 Å². The summed E-state index contributed by atoms with van der Waals surface area (Å²) in [4.78, 5) is 3.87. The summed E-state index contributed by atoms with van der Waals surface area (Å²) < 4.78 is 5.65. The third kappa shape index (κ3) is 1.53. The molecule has 0 aromatic carbocycles. The van der Waals surface area contributed by atoms with Crippen molar-refractivity contribution in [2.45, 2.75) is 0 Å². The molecule has 0 amide bonds. The quantitative estimate of drug-likeness (QED) is 0.795. The van der Waals surface area contributed by atoms with Crippen LogP contribution in [0.1, 0.15) is 0 Å². The number of hydrogen-bond donors (Lipinski definition) is 0. The Balaban J connectivity index is 2.43. The molecule has 62 valence electrons. The lowest BCUT2D eigenvalue weighted by atomic mass is 10.3. The maximum atomic E-state index is 5.47. The van der Waals surface area contributed by atoms with Gasteiger partial charge in [-0.2, -0.15) is 4.98 Å². The van der Waals surface area contributed by atoms with Gasteiger partial charge in [0, 0.05) is 10.9 Å². The molecular weight excluding hydrogens is 264 g/mol. The Morgan fingerprint density at radius 2 is 2.42 bits per heavy atom. The molecule has 0 atom stereocenters. The van der Waals surface area contributed by atoms with Crippen molar-refractivity contribution >= 4 is 38.9 Å². The zero-order chi connectivity index (χ0) is 8.55. The van der Waals surface area contributed by atoms with Gasteiger partial charge in [-0.25, -0.2) is 0 Å². The summed E-state index contributed by atoms with van der Waals surface area (Å²) in [6, 6.07) is 1.91. The van der Waals surface area contributed by atoms with Crippen LogP contribution in [0.5, 0.6) is 0 Å². The Morgan fingerprint density at radius 1 is 1.58 bits per heavy atom. The topological polar surface area (TPSA) is 38.9 Å². The molecule has 3 nitrogen and oxygen atoms in total. The summed E-state index contributed by atoms with van der Waals surface area (Å²) in [5.74, 6) is 0.516. The van der Waals surface area contributed by atoms with Crippen LogP contribution in [0.25, 0.3) is 11.4 Å². The minimum atomic E-state index is 0.0623. The predicted molar refractivity (Wildman–Crippen MR) is 50.3 cm³/mol. The standard InChI is InChI=1S/C6H2BrClN2OS/c7-4-1-3(2-12-4)5-9-6(8)11-10-5/h1-2H. The van der Waals surface area contributed by atoms with Gasteiger partial charge in [0.05, 0.1) is 3.79 Å². The molecule has 0 aliphatic carbocycles. The van der Waals surface area contributed by atoms with Gasteiger partial charge in [0.15, 0.2) is 0 Å². The molecule has 12 heavy (non-hydrogen) atoms. The number of hydrogen-bond acceptors (Lipinski definition) is 4. The van der Waals surface area contributed by atoms with Crippen LogP contribution in [-0.4, -0.2) is 10.1 Å². The summed E-state index contributed by atoms with van der Waals surface area (Å²) in [5, 5.41) is 5.65. The predicted octanol–water partition coefficient (Wildman–Crippen LogP) is 3.21. The molecule has 0 unspecified atom stereocenters. The lowest BCUT2D eigenvalue weighted by Crippen LogP contribution is -1.73. The monoisotopic (exact) mass is 264 g/mol. The Kier molecular flexibility index (Phi) is 2.16. The van der Waals surface area contributed by atoms with Crippen LogP contribution in [0, 0.1) is 0 Å². The zero-order valence-corrected chi connectivity index (χ0v) is 8.78. The first-order chi connectivity index (χ1) is 5.75. The highest BCUT2D eigenvalue weighted by atomic mass is 79.9. The molecule has 0 saturated carbocycles. The van der Waals surface area contributed by atoms with Crippen molar-refractivity contribution in [1.82, 2.24) is 10.1 Å². The van der Waals surface area contributed by atoms with Gasteiger partial charge in [0.25, 0.3) is 0 Å². The van der Waals surface area contributed by atoms with E-state index < -0.39 is 0 Å². The van der Waals surface area contributed by atoms with E-state index in [4.69, 9.17) is 11.6 Å². The fraction of sp³-hybridized carbons (Fsp3) is 0. The molecule has 0 fully saturated rings. The van der Waals surface area contributed by atoms with Gasteiger partial charge < -0.3 is 4.52 Å². The summed E-state index contributed by atoms with van der Waals surface area (Å²) in [6.07, 6.45) is 0. The van der Waals surface area contributed by atoms with E-state index in [-0.39, 0.29) is 5.35 Å². The minimum absolute atomic E-state index is 0.0623. The van der Waals surface area contributed by atoms with Gasteiger partial charge in [-0.3, -0.25) is 0 Å². The normalized spacial score (nSPS) is 10.5. The molecule has 0 saturated heterocycles. The number of rotatable bonds is 1. The van der Waals surface area contributed by atoms with Crippen molar-refractivity contribution in [3.8, 4) is 11.4 Å². The lowest BCUT2D eigenvalue weighted by Gasteiger charge is -1.80. The smallest absolute Gasteiger partial charge is 0.320 e. The van der Waals surface area contributed by atoms with E-state index in [1.165, 1.54) is 0 Å². The molecule has 2 aromatic rings. The minimum Gasteiger partial charge on any atom is -0.321 e. The highest BCUT2D eigenvalue weighted by Crippen LogP contribution is 2.27. The Hall–Kier alpha value is -0.390.